The molecule has 0 saturated carbocycles. The minimum Gasteiger partial charge on any atom is -0.495 e. The fourth-order valence-electron chi connectivity index (χ4n) is 3.44. The van der Waals surface area contributed by atoms with Crippen LogP contribution in [0, 0.1) is 5.41 Å². The molecular weight excluding hydrogens is 422 g/mol. The third-order valence-corrected chi connectivity index (χ3v) is 5.13. The first kappa shape index (κ1) is 23.5. The zero-order valence-electron chi connectivity index (χ0n) is 19.2. The van der Waals surface area contributed by atoms with E-state index in [4.69, 9.17) is 19.6 Å². The van der Waals surface area contributed by atoms with Crippen molar-refractivity contribution in [3.63, 3.8) is 0 Å². The van der Waals surface area contributed by atoms with E-state index in [9.17, 15) is 4.79 Å². The standard InChI is InChI=1S/C24H29N5O4/c1-26-19-9-7-17(24(30)28-13-16-12-27-14-29-16)23(33-4)22(19)18(25)8-5-15-6-10-20(31-2)21(11-15)32-3/h5-12,25-27,29H,13-14H2,1-4H3,(H,28,30)/b8-5+,25-18?. The molecule has 5 N–H and O–H groups in total. The van der Waals surface area contributed by atoms with Crippen LogP contribution in [0.1, 0.15) is 21.5 Å². The van der Waals surface area contributed by atoms with Crippen LogP contribution in [0.15, 0.2) is 48.3 Å². The smallest absolute Gasteiger partial charge is 0.255 e. The second-order valence-electron chi connectivity index (χ2n) is 7.09. The Hall–Kier alpha value is -4.14. The lowest BCUT2D eigenvalue weighted by molar-refractivity contribution is 0.0953. The molecule has 0 atom stereocenters. The van der Waals surface area contributed by atoms with Gasteiger partial charge in [-0.05, 0) is 35.9 Å². The Balaban J connectivity index is 1.88. The van der Waals surface area contributed by atoms with E-state index in [0.717, 1.165) is 11.3 Å². The Morgan fingerprint density at radius 2 is 1.91 bits per heavy atom. The molecule has 174 valence electrons. The van der Waals surface area contributed by atoms with Gasteiger partial charge in [-0.15, -0.1) is 0 Å². The van der Waals surface area contributed by atoms with Crippen molar-refractivity contribution in [2.45, 2.75) is 0 Å². The summed E-state index contributed by atoms with van der Waals surface area (Å²) in [6, 6.07) is 8.94. The van der Waals surface area contributed by atoms with Crippen LogP contribution in [0.5, 0.6) is 17.2 Å². The average Bonchev–Trinajstić information content (AvgIpc) is 3.38. The Kier molecular flexibility index (Phi) is 7.80. The van der Waals surface area contributed by atoms with Crippen LogP contribution in [0.4, 0.5) is 5.69 Å². The molecule has 0 aliphatic carbocycles. The lowest BCUT2D eigenvalue weighted by Gasteiger charge is -2.17. The van der Waals surface area contributed by atoms with Crippen LogP contribution in [0.2, 0.25) is 0 Å². The molecule has 0 radical (unpaired) electrons. The molecule has 0 saturated heterocycles. The fourth-order valence-corrected chi connectivity index (χ4v) is 3.44. The van der Waals surface area contributed by atoms with E-state index < -0.39 is 0 Å². The highest BCUT2D eigenvalue weighted by Gasteiger charge is 2.21. The normalized spacial score (nSPS) is 12.4. The predicted molar refractivity (Wildman–Crippen MR) is 130 cm³/mol. The maximum absolute atomic E-state index is 12.9. The second kappa shape index (κ2) is 10.9. The highest BCUT2D eigenvalue weighted by molar-refractivity contribution is 6.16. The van der Waals surface area contributed by atoms with E-state index in [0.29, 0.717) is 47.3 Å². The molecular formula is C24H29N5O4. The zero-order chi connectivity index (χ0) is 23.8. The van der Waals surface area contributed by atoms with Crippen LogP contribution in [0.3, 0.4) is 0 Å². The van der Waals surface area contributed by atoms with Gasteiger partial charge in [0.25, 0.3) is 5.91 Å². The van der Waals surface area contributed by atoms with Crippen molar-refractivity contribution < 1.29 is 19.0 Å². The Morgan fingerprint density at radius 1 is 1.12 bits per heavy atom. The van der Waals surface area contributed by atoms with Gasteiger partial charge < -0.3 is 40.9 Å². The van der Waals surface area contributed by atoms with Gasteiger partial charge in [0, 0.05) is 24.6 Å². The lowest BCUT2D eigenvalue weighted by atomic mass is 10.00. The van der Waals surface area contributed by atoms with Gasteiger partial charge in [0.15, 0.2) is 11.5 Å². The molecule has 1 heterocycles. The minimum absolute atomic E-state index is 0.185. The molecule has 1 aliphatic heterocycles. The summed E-state index contributed by atoms with van der Waals surface area (Å²) >= 11 is 0. The van der Waals surface area contributed by atoms with Gasteiger partial charge in [0.2, 0.25) is 0 Å². The van der Waals surface area contributed by atoms with Crippen LogP contribution in [-0.2, 0) is 0 Å². The summed E-state index contributed by atoms with van der Waals surface area (Å²) in [5.74, 6) is 1.26. The first-order valence-electron chi connectivity index (χ1n) is 10.3. The molecule has 9 nitrogen and oxygen atoms in total. The van der Waals surface area contributed by atoms with Gasteiger partial charge in [-0.25, -0.2) is 0 Å². The highest BCUT2D eigenvalue weighted by Crippen LogP contribution is 2.32. The number of rotatable bonds is 10. The number of amides is 1. The molecule has 2 aromatic rings. The number of methoxy groups -OCH3 is 3. The van der Waals surface area contributed by atoms with E-state index in [-0.39, 0.29) is 11.6 Å². The van der Waals surface area contributed by atoms with Crippen LogP contribution < -0.4 is 35.5 Å². The van der Waals surface area contributed by atoms with Crippen molar-refractivity contribution in [2.75, 3.05) is 46.9 Å². The predicted octanol–water partition coefficient (Wildman–Crippen LogP) is 2.56. The molecule has 3 rings (SSSR count). The third-order valence-electron chi connectivity index (χ3n) is 5.13. The van der Waals surface area contributed by atoms with Crippen molar-refractivity contribution >= 4 is 23.4 Å². The Bertz CT molecular complexity index is 1090. The van der Waals surface area contributed by atoms with Gasteiger partial charge in [-0.3, -0.25) is 4.79 Å². The van der Waals surface area contributed by atoms with Crippen molar-refractivity contribution in [2.24, 2.45) is 0 Å². The number of hydrogen-bond acceptors (Lipinski definition) is 8. The molecule has 0 unspecified atom stereocenters. The molecule has 33 heavy (non-hydrogen) atoms. The quantitative estimate of drug-likeness (QED) is 0.353. The zero-order valence-corrected chi connectivity index (χ0v) is 19.2. The van der Waals surface area contributed by atoms with Gasteiger partial charge in [-0.1, -0.05) is 12.1 Å². The summed E-state index contributed by atoms with van der Waals surface area (Å²) in [4.78, 5) is 12.9. The summed E-state index contributed by atoms with van der Waals surface area (Å²) in [6.45, 7) is 0.994. The number of hydrogen-bond donors (Lipinski definition) is 5. The maximum Gasteiger partial charge on any atom is 0.255 e. The van der Waals surface area contributed by atoms with Crippen molar-refractivity contribution in [1.82, 2.24) is 16.0 Å². The minimum atomic E-state index is -0.290. The van der Waals surface area contributed by atoms with Crippen molar-refractivity contribution in [3.05, 3.63) is 65.0 Å². The summed E-state index contributed by atoms with van der Waals surface area (Å²) < 4.78 is 16.2. The fraction of sp³-hybridized carbons (Fsp3) is 0.250. The first-order valence-corrected chi connectivity index (χ1v) is 10.3. The van der Waals surface area contributed by atoms with Gasteiger partial charge in [0.1, 0.15) is 5.75 Å². The SMILES string of the molecule is CNc1ccc(C(=O)NCC2=CNCN2)c(OC)c1C(=N)/C=C/c1ccc(OC)c(OC)c1. The largest absolute Gasteiger partial charge is 0.495 e. The molecule has 0 spiro atoms. The van der Waals surface area contributed by atoms with E-state index in [2.05, 4.69) is 21.3 Å². The second-order valence-corrected chi connectivity index (χ2v) is 7.09. The van der Waals surface area contributed by atoms with Crippen molar-refractivity contribution in [1.29, 1.82) is 5.41 Å². The summed E-state index contributed by atoms with van der Waals surface area (Å²) in [7, 11) is 6.40. The molecule has 1 aliphatic rings. The van der Waals surface area contributed by atoms with E-state index >= 15 is 0 Å². The number of carbonyl (C=O) groups is 1. The van der Waals surface area contributed by atoms with Crippen LogP contribution >= 0.6 is 0 Å². The average molecular weight is 452 g/mol. The third kappa shape index (κ3) is 5.38. The molecule has 0 fully saturated rings. The van der Waals surface area contributed by atoms with Gasteiger partial charge in [0.05, 0.1) is 51.4 Å². The molecule has 9 heteroatoms. The Morgan fingerprint density at radius 3 is 2.55 bits per heavy atom. The summed E-state index contributed by atoms with van der Waals surface area (Å²) in [5.41, 5.74) is 3.42. The van der Waals surface area contributed by atoms with Gasteiger partial charge >= 0.3 is 0 Å². The maximum atomic E-state index is 12.9. The van der Waals surface area contributed by atoms with Gasteiger partial charge in [-0.2, -0.15) is 0 Å². The number of ether oxygens (including phenoxy) is 3. The summed E-state index contributed by atoms with van der Waals surface area (Å²) in [5, 5.41) is 20.8. The van der Waals surface area contributed by atoms with E-state index in [1.165, 1.54) is 7.11 Å². The number of nitrogens with one attached hydrogen (secondary N) is 5. The van der Waals surface area contributed by atoms with Crippen LogP contribution in [-0.4, -0.2) is 53.2 Å². The van der Waals surface area contributed by atoms with Crippen molar-refractivity contribution in [3.8, 4) is 17.2 Å². The summed E-state index contributed by atoms with van der Waals surface area (Å²) in [6.07, 6.45) is 5.27. The lowest BCUT2D eigenvalue weighted by Crippen LogP contribution is -2.29. The monoisotopic (exact) mass is 451 g/mol. The van der Waals surface area contributed by atoms with E-state index in [1.54, 1.807) is 51.6 Å². The number of benzene rings is 2. The highest BCUT2D eigenvalue weighted by atomic mass is 16.5. The molecule has 2 aromatic carbocycles. The molecule has 0 bridgehead atoms. The molecule has 0 aromatic heterocycles. The number of carbonyl (C=O) groups excluding carboxylic acids is 1. The van der Waals surface area contributed by atoms with E-state index in [1.807, 2.05) is 18.3 Å². The Labute approximate surface area is 193 Å². The van der Waals surface area contributed by atoms with Crippen LogP contribution in [0.25, 0.3) is 6.08 Å². The first-order chi connectivity index (χ1) is 16.0. The number of allylic oxidation sites excluding steroid dienone is 1. The molecule has 1 amide bonds. The number of anilines is 1. The topological polar surface area (TPSA) is 117 Å².